The molecule has 0 unspecified atom stereocenters. The third kappa shape index (κ3) is 1.97. The molecule has 1 aromatic carbocycles. The van der Waals surface area contributed by atoms with Crippen molar-refractivity contribution in [3.8, 4) is 0 Å². The van der Waals surface area contributed by atoms with Crippen LogP contribution in [0.25, 0.3) is 10.9 Å². The summed E-state index contributed by atoms with van der Waals surface area (Å²) in [6.07, 6.45) is 2.04. The molecule has 2 fully saturated rings. The summed E-state index contributed by atoms with van der Waals surface area (Å²) in [5.74, 6) is 1.80. The van der Waals surface area contributed by atoms with Gasteiger partial charge in [-0.2, -0.15) is 0 Å². The van der Waals surface area contributed by atoms with E-state index < -0.39 is 0 Å². The summed E-state index contributed by atoms with van der Waals surface area (Å²) in [7, 11) is 2.25. The molecule has 3 heterocycles. The Bertz CT molecular complexity index is 574. The quantitative estimate of drug-likeness (QED) is 0.888. The average Bonchev–Trinajstić information content (AvgIpc) is 3.03. The minimum atomic E-state index is 0.899. The van der Waals surface area contributed by atoms with Gasteiger partial charge in [0.15, 0.2) is 0 Å². The lowest BCUT2D eigenvalue weighted by molar-refractivity contribution is 0.273. The monoisotopic (exact) mass is 255 g/mol. The predicted molar refractivity (Wildman–Crippen MR) is 78.1 cm³/mol. The Morgan fingerprint density at radius 1 is 1.11 bits per heavy atom. The third-order valence-corrected chi connectivity index (χ3v) is 4.82. The topological polar surface area (TPSA) is 22.3 Å². The van der Waals surface area contributed by atoms with Crippen molar-refractivity contribution in [3.63, 3.8) is 0 Å². The van der Waals surface area contributed by atoms with Crippen LogP contribution in [0.3, 0.4) is 0 Å². The van der Waals surface area contributed by atoms with Gasteiger partial charge in [-0.15, -0.1) is 0 Å². The zero-order chi connectivity index (χ0) is 12.8. The highest BCUT2D eigenvalue weighted by atomic mass is 15.2. The molecule has 0 amide bonds. The van der Waals surface area contributed by atoms with Gasteiger partial charge in [-0.3, -0.25) is 4.90 Å². The lowest BCUT2D eigenvalue weighted by atomic mass is 10.0. The van der Waals surface area contributed by atoms with Crippen LogP contribution < -0.4 is 0 Å². The van der Waals surface area contributed by atoms with Gasteiger partial charge in [0, 0.05) is 49.8 Å². The van der Waals surface area contributed by atoms with Crippen LogP contribution in [0, 0.1) is 11.8 Å². The minimum absolute atomic E-state index is 0.899. The van der Waals surface area contributed by atoms with Gasteiger partial charge in [0.25, 0.3) is 0 Å². The zero-order valence-corrected chi connectivity index (χ0v) is 11.5. The van der Waals surface area contributed by atoms with Crippen LogP contribution in [0.4, 0.5) is 0 Å². The van der Waals surface area contributed by atoms with E-state index in [-0.39, 0.29) is 0 Å². The number of hydrogen-bond acceptors (Lipinski definition) is 2. The van der Waals surface area contributed by atoms with E-state index in [1.807, 2.05) is 6.20 Å². The number of aromatic amines is 1. The van der Waals surface area contributed by atoms with Gasteiger partial charge in [-0.1, -0.05) is 12.1 Å². The van der Waals surface area contributed by atoms with Gasteiger partial charge in [-0.25, -0.2) is 0 Å². The fourth-order valence-corrected chi connectivity index (χ4v) is 3.98. The van der Waals surface area contributed by atoms with Gasteiger partial charge in [0.2, 0.25) is 0 Å². The molecule has 2 aliphatic heterocycles. The van der Waals surface area contributed by atoms with Crippen LogP contribution >= 0.6 is 0 Å². The van der Waals surface area contributed by atoms with Crippen LogP contribution in [-0.4, -0.2) is 48.0 Å². The van der Waals surface area contributed by atoms with E-state index >= 15 is 0 Å². The molecule has 3 nitrogen and oxygen atoms in total. The van der Waals surface area contributed by atoms with E-state index in [2.05, 4.69) is 46.1 Å². The van der Waals surface area contributed by atoms with E-state index in [1.165, 1.54) is 42.6 Å². The van der Waals surface area contributed by atoms with Crippen LogP contribution in [0.1, 0.15) is 5.56 Å². The van der Waals surface area contributed by atoms with Gasteiger partial charge in [-0.05, 0) is 36.6 Å². The largest absolute Gasteiger partial charge is 0.361 e. The summed E-state index contributed by atoms with van der Waals surface area (Å²) in [5, 5.41) is 1.39. The van der Waals surface area contributed by atoms with Gasteiger partial charge >= 0.3 is 0 Å². The van der Waals surface area contributed by atoms with Crippen molar-refractivity contribution in [2.24, 2.45) is 11.8 Å². The fourth-order valence-electron chi connectivity index (χ4n) is 3.98. The SMILES string of the molecule is CN1C[C@@H]2CN(Cc3cccc4[nH]ccc34)C[C@@H]2C1. The third-order valence-electron chi connectivity index (χ3n) is 4.82. The first-order valence-electron chi connectivity index (χ1n) is 7.25. The molecule has 2 aliphatic rings. The molecular weight excluding hydrogens is 234 g/mol. The van der Waals surface area contributed by atoms with Gasteiger partial charge < -0.3 is 9.88 Å². The fraction of sp³-hybridized carbons (Fsp3) is 0.500. The zero-order valence-electron chi connectivity index (χ0n) is 11.5. The summed E-state index contributed by atoms with van der Waals surface area (Å²) < 4.78 is 0. The minimum Gasteiger partial charge on any atom is -0.361 e. The van der Waals surface area contributed by atoms with Crippen LogP contribution in [0.15, 0.2) is 30.5 Å². The molecule has 0 radical (unpaired) electrons. The van der Waals surface area contributed by atoms with E-state index in [4.69, 9.17) is 0 Å². The molecule has 2 saturated heterocycles. The molecule has 3 heteroatoms. The van der Waals surface area contributed by atoms with Gasteiger partial charge in [0.1, 0.15) is 0 Å². The predicted octanol–water partition coefficient (Wildman–Crippen LogP) is 2.16. The number of H-pyrrole nitrogens is 1. The van der Waals surface area contributed by atoms with Crippen LogP contribution in [-0.2, 0) is 6.54 Å². The lowest BCUT2D eigenvalue weighted by Crippen LogP contribution is -2.26. The smallest absolute Gasteiger partial charge is 0.0457 e. The second-order valence-electron chi connectivity index (χ2n) is 6.29. The van der Waals surface area contributed by atoms with Crippen molar-refractivity contribution in [1.82, 2.24) is 14.8 Å². The number of likely N-dealkylation sites (tertiary alicyclic amines) is 2. The summed E-state index contributed by atoms with van der Waals surface area (Å²) in [4.78, 5) is 8.43. The Hall–Kier alpha value is -1.32. The van der Waals surface area contributed by atoms with Crippen LogP contribution in [0.5, 0.6) is 0 Å². The van der Waals surface area contributed by atoms with E-state index in [0.29, 0.717) is 0 Å². The van der Waals surface area contributed by atoms with Crippen molar-refractivity contribution in [1.29, 1.82) is 0 Å². The number of fused-ring (bicyclic) bond motifs is 2. The molecule has 1 aromatic heterocycles. The second-order valence-corrected chi connectivity index (χ2v) is 6.29. The first-order valence-corrected chi connectivity index (χ1v) is 7.25. The Morgan fingerprint density at radius 2 is 1.89 bits per heavy atom. The van der Waals surface area contributed by atoms with Gasteiger partial charge in [0.05, 0.1) is 0 Å². The van der Waals surface area contributed by atoms with Crippen molar-refractivity contribution in [3.05, 3.63) is 36.0 Å². The molecule has 0 bridgehead atoms. The average molecular weight is 255 g/mol. The molecule has 4 rings (SSSR count). The normalized spacial score (nSPS) is 28.3. The summed E-state index contributed by atoms with van der Waals surface area (Å²) in [6, 6.07) is 8.80. The molecule has 0 aliphatic carbocycles. The lowest BCUT2D eigenvalue weighted by Gasteiger charge is -2.19. The summed E-state index contributed by atoms with van der Waals surface area (Å²) >= 11 is 0. The van der Waals surface area contributed by atoms with E-state index in [1.54, 1.807) is 0 Å². The first-order chi connectivity index (χ1) is 9.29. The maximum atomic E-state index is 3.31. The maximum absolute atomic E-state index is 3.31. The Labute approximate surface area is 114 Å². The molecule has 2 atom stereocenters. The summed E-state index contributed by atoms with van der Waals surface area (Å²) in [6.45, 7) is 6.22. The maximum Gasteiger partial charge on any atom is 0.0457 e. The van der Waals surface area contributed by atoms with Crippen molar-refractivity contribution < 1.29 is 0 Å². The number of hydrogen-bond donors (Lipinski definition) is 1. The molecular formula is C16H21N3. The van der Waals surface area contributed by atoms with E-state index in [9.17, 15) is 0 Å². The highest BCUT2D eigenvalue weighted by molar-refractivity contribution is 5.82. The first kappa shape index (κ1) is 11.5. The summed E-state index contributed by atoms with van der Waals surface area (Å²) in [5.41, 5.74) is 2.73. The van der Waals surface area contributed by atoms with Crippen LogP contribution in [0.2, 0.25) is 0 Å². The molecule has 100 valence electrons. The highest BCUT2D eigenvalue weighted by Gasteiger charge is 2.38. The standard InChI is InChI=1S/C16H21N3/c1-18-7-13-10-19(11-14(13)8-18)9-12-3-2-4-16-15(12)5-6-17-16/h2-6,13-14,17H,7-11H2,1H3/t13-,14+. The highest BCUT2D eigenvalue weighted by Crippen LogP contribution is 2.31. The molecule has 0 saturated carbocycles. The Kier molecular flexibility index (Phi) is 2.64. The molecule has 2 aromatic rings. The number of nitrogens with zero attached hydrogens (tertiary/aromatic N) is 2. The number of aromatic nitrogens is 1. The molecule has 0 spiro atoms. The number of rotatable bonds is 2. The number of benzene rings is 1. The molecule has 1 N–H and O–H groups in total. The number of nitrogens with one attached hydrogen (secondary N) is 1. The van der Waals surface area contributed by atoms with E-state index in [0.717, 1.165) is 18.4 Å². The van der Waals surface area contributed by atoms with Crippen molar-refractivity contribution >= 4 is 10.9 Å². The Balaban J connectivity index is 1.52. The van der Waals surface area contributed by atoms with Crippen molar-refractivity contribution in [2.75, 3.05) is 33.2 Å². The molecule has 19 heavy (non-hydrogen) atoms. The van der Waals surface area contributed by atoms with Crippen molar-refractivity contribution in [2.45, 2.75) is 6.54 Å². The Morgan fingerprint density at radius 3 is 2.68 bits per heavy atom. The second kappa shape index (κ2) is 4.36.